The molecule has 0 aromatic heterocycles. The minimum atomic E-state index is 0.478. The number of nitrogens with one attached hydrogen (secondary N) is 1. The van der Waals surface area contributed by atoms with Crippen LogP contribution in [0.5, 0.6) is 0 Å². The second kappa shape index (κ2) is 4.62. The molecule has 16 heavy (non-hydrogen) atoms. The van der Waals surface area contributed by atoms with Gasteiger partial charge in [-0.15, -0.1) is 0 Å². The third-order valence-corrected chi connectivity index (χ3v) is 5.16. The maximum atomic E-state index is 3.59. The van der Waals surface area contributed by atoms with Gasteiger partial charge in [0.1, 0.15) is 0 Å². The number of benzene rings is 1. The van der Waals surface area contributed by atoms with E-state index in [4.69, 9.17) is 0 Å². The van der Waals surface area contributed by atoms with E-state index >= 15 is 0 Å². The number of halogens is 3. The van der Waals surface area contributed by atoms with E-state index in [1.165, 1.54) is 12.8 Å². The molecule has 0 aliphatic heterocycles. The molecule has 2 rings (SSSR count). The van der Waals surface area contributed by atoms with Gasteiger partial charge in [0.2, 0.25) is 0 Å². The minimum absolute atomic E-state index is 0.478. The van der Waals surface area contributed by atoms with Crippen molar-refractivity contribution in [3.8, 4) is 0 Å². The molecule has 1 N–H and O–H groups in total. The maximum Gasteiger partial charge on any atom is 0.0632 e. The smallest absolute Gasteiger partial charge is 0.0632 e. The van der Waals surface area contributed by atoms with E-state index < -0.39 is 0 Å². The molecule has 1 aromatic carbocycles. The Labute approximate surface area is 122 Å². The second-order valence-electron chi connectivity index (χ2n) is 4.76. The highest BCUT2D eigenvalue weighted by Gasteiger charge is 2.42. The van der Waals surface area contributed by atoms with Crippen LogP contribution in [0.25, 0.3) is 0 Å². The van der Waals surface area contributed by atoms with Crippen LogP contribution in [0.2, 0.25) is 0 Å². The van der Waals surface area contributed by atoms with Crippen molar-refractivity contribution in [1.82, 2.24) is 0 Å². The fourth-order valence-corrected chi connectivity index (χ4v) is 4.19. The van der Waals surface area contributed by atoms with Crippen LogP contribution in [0.15, 0.2) is 25.6 Å². The molecule has 0 saturated heterocycles. The van der Waals surface area contributed by atoms with Gasteiger partial charge in [-0.1, -0.05) is 22.9 Å². The van der Waals surface area contributed by atoms with E-state index in [0.29, 0.717) is 11.5 Å². The summed E-state index contributed by atoms with van der Waals surface area (Å²) < 4.78 is 3.25. The largest absolute Gasteiger partial charge is 0.380 e. The van der Waals surface area contributed by atoms with Crippen molar-refractivity contribution in [2.75, 3.05) is 5.32 Å². The number of anilines is 1. The van der Waals surface area contributed by atoms with E-state index in [9.17, 15) is 0 Å². The first-order valence-corrected chi connectivity index (χ1v) is 7.71. The molecule has 1 aliphatic carbocycles. The normalized spacial score (nSPS) is 19.3. The first-order chi connectivity index (χ1) is 7.42. The van der Waals surface area contributed by atoms with E-state index in [1.807, 2.05) is 0 Å². The Balaban J connectivity index is 2.21. The lowest BCUT2D eigenvalue weighted by Crippen LogP contribution is -2.25. The third kappa shape index (κ3) is 2.65. The van der Waals surface area contributed by atoms with Crippen molar-refractivity contribution in [3.63, 3.8) is 0 Å². The van der Waals surface area contributed by atoms with Crippen LogP contribution >= 0.6 is 47.8 Å². The molecule has 0 radical (unpaired) electrons. The number of hydrogen-bond acceptors (Lipinski definition) is 1. The van der Waals surface area contributed by atoms with Crippen molar-refractivity contribution < 1.29 is 0 Å². The molecule has 0 bridgehead atoms. The van der Waals surface area contributed by atoms with Gasteiger partial charge in [0.05, 0.1) is 5.69 Å². The zero-order valence-corrected chi connectivity index (χ0v) is 14.0. The van der Waals surface area contributed by atoms with Gasteiger partial charge in [-0.05, 0) is 69.2 Å². The first kappa shape index (κ1) is 12.9. The summed E-state index contributed by atoms with van der Waals surface area (Å²) >= 11 is 10.7. The van der Waals surface area contributed by atoms with Gasteiger partial charge in [0.15, 0.2) is 0 Å². The van der Waals surface area contributed by atoms with Crippen LogP contribution in [0.1, 0.15) is 26.7 Å². The lowest BCUT2D eigenvalue weighted by atomic mass is 10.0. The van der Waals surface area contributed by atoms with Gasteiger partial charge in [0, 0.05) is 19.5 Å². The van der Waals surface area contributed by atoms with Crippen molar-refractivity contribution >= 4 is 53.5 Å². The predicted molar refractivity (Wildman–Crippen MR) is 80.0 cm³/mol. The van der Waals surface area contributed by atoms with Crippen LogP contribution in [-0.4, -0.2) is 6.04 Å². The molecule has 1 saturated carbocycles. The maximum absolute atomic E-state index is 3.59. The predicted octanol–water partition coefficient (Wildman–Crippen LogP) is 5.57. The lowest BCUT2D eigenvalue weighted by molar-refractivity contribution is 0.493. The zero-order chi connectivity index (χ0) is 11.9. The average molecular weight is 412 g/mol. The molecule has 88 valence electrons. The molecule has 1 fully saturated rings. The van der Waals surface area contributed by atoms with Gasteiger partial charge >= 0.3 is 0 Å². The zero-order valence-electron chi connectivity index (χ0n) is 9.28. The monoisotopic (exact) mass is 409 g/mol. The van der Waals surface area contributed by atoms with Crippen molar-refractivity contribution in [2.24, 2.45) is 5.41 Å². The quantitative estimate of drug-likeness (QED) is 0.685. The van der Waals surface area contributed by atoms with E-state index in [1.54, 1.807) is 0 Å². The molecular weight excluding hydrogens is 398 g/mol. The van der Waals surface area contributed by atoms with Crippen LogP contribution in [0.3, 0.4) is 0 Å². The fraction of sp³-hybridized carbons (Fsp3) is 0.500. The summed E-state index contributed by atoms with van der Waals surface area (Å²) in [6.45, 7) is 4.60. The highest BCUT2D eigenvalue weighted by molar-refractivity contribution is 9.11. The Bertz CT molecular complexity index is 390. The van der Waals surface area contributed by atoms with E-state index in [2.05, 4.69) is 79.1 Å². The molecule has 1 aliphatic rings. The van der Waals surface area contributed by atoms with Crippen molar-refractivity contribution in [1.29, 1.82) is 0 Å². The van der Waals surface area contributed by atoms with Crippen LogP contribution in [0.4, 0.5) is 5.69 Å². The number of rotatable bonds is 3. The van der Waals surface area contributed by atoms with E-state index in [-0.39, 0.29) is 0 Å². The molecule has 4 heteroatoms. The summed E-state index contributed by atoms with van der Waals surface area (Å²) in [4.78, 5) is 0. The minimum Gasteiger partial charge on any atom is -0.380 e. The van der Waals surface area contributed by atoms with E-state index in [0.717, 1.165) is 19.1 Å². The van der Waals surface area contributed by atoms with Gasteiger partial charge < -0.3 is 5.32 Å². The summed E-state index contributed by atoms with van der Waals surface area (Å²) in [7, 11) is 0. The summed E-state index contributed by atoms with van der Waals surface area (Å²) in [6, 6.07) is 4.63. The first-order valence-electron chi connectivity index (χ1n) is 5.33. The molecule has 1 aromatic rings. The Kier molecular flexibility index (Phi) is 3.72. The van der Waals surface area contributed by atoms with Gasteiger partial charge in [-0.25, -0.2) is 0 Å². The number of hydrogen-bond donors (Lipinski definition) is 1. The Morgan fingerprint density at radius 2 is 1.69 bits per heavy atom. The fourth-order valence-electron chi connectivity index (χ4n) is 1.70. The van der Waals surface area contributed by atoms with Crippen LogP contribution in [0, 0.1) is 5.41 Å². The van der Waals surface area contributed by atoms with Crippen LogP contribution < -0.4 is 5.32 Å². The second-order valence-corrected chi connectivity index (χ2v) is 7.39. The van der Waals surface area contributed by atoms with Gasteiger partial charge in [-0.2, -0.15) is 0 Å². The van der Waals surface area contributed by atoms with Gasteiger partial charge in [0.25, 0.3) is 0 Å². The topological polar surface area (TPSA) is 12.0 Å². The summed E-state index contributed by atoms with van der Waals surface area (Å²) in [5, 5.41) is 3.59. The standard InChI is InChI=1S/C12H14Br3N/c1-7(12(2)3-4-12)16-11-9(14)5-8(13)6-10(11)15/h5-7,16H,3-4H2,1-2H3. The lowest BCUT2D eigenvalue weighted by Gasteiger charge is -2.23. The molecular formula is C12H14Br3N. The Hall–Kier alpha value is 0.460. The molecule has 1 atom stereocenters. The molecule has 1 nitrogen and oxygen atoms in total. The molecule has 0 amide bonds. The third-order valence-electron chi connectivity index (χ3n) is 3.45. The summed E-state index contributed by atoms with van der Waals surface area (Å²) in [5.74, 6) is 0. The molecule has 1 unspecified atom stereocenters. The highest BCUT2D eigenvalue weighted by Crippen LogP contribution is 2.49. The average Bonchev–Trinajstić information content (AvgIpc) is 2.91. The summed E-state index contributed by atoms with van der Waals surface area (Å²) in [5.41, 5.74) is 1.62. The Morgan fingerprint density at radius 3 is 2.12 bits per heavy atom. The highest BCUT2D eigenvalue weighted by atomic mass is 79.9. The van der Waals surface area contributed by atoms with Crippen molar-refractivity contribution in [2.45, 2.75) is 32.7 Å². The molecule has 0 heterocycles. The van der Waals surface area contributed by atoms with Crippen molar-refractivity contribution in [3.05, 3.63) is 25.6 Å². The van der Waals surface area contributed by atoms with Gasteiger partial charge in [-0.3, -0.25) is 0 Å². The summed E-state index contributed by atoms with van der Waals surface area (Å²) in [6.07, 6.45) is 2.65. The van der Waals surface area contributed by atoms with Crippen LogP contribution in [-0.2, 0) is 0 Å². The SMILES string of the molecule is CC(Nc1c(Br)cc(Br)cc1Br)C1(C)CC1. The molecule has 0 spiro atoms. The Morgan fingerprint density at radius 1 is 1.19 bits per heavy atom.